The van der Waals surface area contributed by atoms with Crippen molar-refractivity contribution in [3.63, 3.8) is 0 Å². The van der Waals surface area contributed by atoms with Crippen LogP contribution in [0.25, 0.3) is 5.52 Å². The monoisotopic (exact) mass is 1070 g/mol. The molecule has 0 aromatic carbocycles. The molecular weight excluding hydrogens is 955 g/mol. The second-order valence-corrected chi connectivity index (χ2v) is 20.8. The van der Waals surface area contributed by atoms with Crippen LogP contribution in [0.5, 0.6) is 0 Å². The van der Waals surface area contributed by atoms with Gasteiger partial charge < -0.3 is 95.4 Å². The summed E-state index contributed by atoms with van der Waals surface area (Å²) >= 11 is 0. The summed E-state index contributed by atoms with van der Waals surface area (Å²) < 4.78 is 2.25. The zero-order chi connectivity index (χ0) is 53.9. The molecule has 1 aliphatic carbocycles. The molecule has 0 saturated heterocycles. The number of aryl methyl sites for hydroxylation is 1. The summed E-state index contributed by atoms with van der Waals surface area (Å²) in [5.41, 5.74) is 16.3. The van der Waals surface area contributed by atoms with E-state index >= 15 is 0 Å². The van der Waals surface area contributed by atoms with E-state index in [2.05, 4.69) is 91.1 Å². The van der Waals surface area contributed by atoms with Gasteiger partial charge in [0.1, 0.15) is 6.04 Å². The van der Waals surface area contributed by atoms with Gasteiger partial charge in [0.2, 0.25) is 0 Å². The number of pyridine rings is 1. The summed E-state index contributed by atoms with van der Waals surface area (Å²) in [4.78, 5) is 11.6. The first-order chi connectivity index (χ1) is 37.6. The van der Waals surface area contributed by atoms with Crippen LogP contribution < -0.4 is 85.9 Å². The fraction of sp³-hybridized carbons (Fsp3) is 0.842. The lowest BCUT2D eigenvalue weighted by Crippen LogP contribution is -2.34. The van der Waals surface area contributed by atoms with Gasteiger partial charge in [-0.25, -0.2) is 0 Å². The number of carboxylic acid groups (broad SMARTS) is 1. The molecule has 0 radical (unpaired) electrons. The van der Waals surface area contributed by atoms with E-state index in [0.717, 1.165) is 239 Å². The van der Waals surface area contributed by atoms with Crippen molar-refractivity contribution in [3.05, 3.63) is 41.2 Å². The number of nitrogens with zero attached hydrogens (tertiary/aromatic N) is 1. The molecule has 2 atom stereocenters. The van der Waals surface area contributed by atoms with Crippen LogP contribution in [0, 0.1) is 0 Å². The summed E-state index contributed by atoms with van der Waals surface area (Å²) in [6.07, 6.45) is 21.9. The Labute approximate surface area is 462 Å². The maximum atomic E-state index is 11.6. The highest BCUT2D eigenvalue weighted by atomic mass is 16.4. The van der Waals surface area contributed by atoms with E-state index in [1.807, 2.05) is 12.1 Å². The van der Waals surface area contributed by atoms with E-state index in [1.54, 1.807) is 0 Å². The third-order valence-electron chi connectivity index (χ3n) is 14.1. The van der Waals surface area contributed by atoms with Gasteiger partial charge in [-0.2, -0.15) is 0 Å². The molecule has 19 N–H and O–H groups in total. The SMILES string of the molecule is NCCCNCCCNCCCNCCCNCCCNCCCNCCCNCCCNCCCNCCCNCCCNCCCNCCCNCCCN[C@H]1CCCc2c1c(C[C@H](N)C(=O)O)c1ccccn21. The summed E-state index contributed by atoms with van der Waals surface area (Å²) in [6.45, 7) is 29.7. The number of nitrogens with two attached hydrogens (primary N) is 2. The quantitative estimate of drug-likeness (QED) is 0.0412. The molecule has 0 amide bonds. The predicted molar refractivity (Wildman–Crippen MR) is 321 cm³/mol. The van der Waals surface area contributed by atoms with Crippen LogP contribution in [0.2, 0.25) is 0 Å². The largest absolute Gasteiger partial charge is 0.480 e. The van der Waals surface area contributed by atoms with E-state index in [9.17, 15) is 9.90 Å². The van der Waals surface area contributed by atoms with Crippen molar-refractivity contribution in [1.82, 2.24) is 78.8 Å². The first kappa shape index (κ1) is 67.9. The minimum Gasteiger partial charge on any atom is -0.480 e. The molecule has 1 aliphatic rings. The maximum absolute atomic E-state index is 11.6. The van der Waals surface area contributed by atoms with Crippen molar-refractivity contribution < 1.29 is 9.90 Å². The molecule has 19 heteroatoms. The van der Waals surface area contributed by atoms with Crippen LogP contribution >= 0.6 is 0 Å². The number of carboxylic acids is 1. The molecule has 76 heavy (non-hydrogen) atoms. The van der Waals surface area contributed by atoms with Crippen molar-refractivity contribution >= 4 is 11.5 Å². The lowest BCUT2D eigenvalue weighted by molar-refractivity contribution is -0.138. The zero-order valence-corrected chi connectivity index (χ0v) is 47.9. The van der Waals surface area contributed by atoms with Gasteiger partial charge in [0, 0.05) is 29.9 Å². The van der Waals surface area contributed by atoms with Crippen LogP contribution in [0.4, 0.5) is 0 Å². The standard InChI is InChI=1S/C57H117N17O2/c58-21-4-22-60-23-5-24-61-25-6-26-62-27-7-28-63-29-8-30-64-31-9-32-65-33-10-34-66-35-11-36-67-37-12-38-68-39-13-40-69-41-14-42-70-43-15-44-71-45-16-46-72-47-17-48-73-53-18-3-20-55-56(53)51(50-52(59)57(75)76)54-19-1-2-49-74(54)55/h1-2,19,49,52-53,60-73H,3-18,20-48,50,58-59H2,(H,75,76)/t52-,53-/m0/s1. The van der Waals surface area contributed by atoms with Gasteiger partial charge in [-0.3, -0.25) is 4.79 Å². The molecule has 2 heterocycles. The molecule has 0 unspecified atom stereocenters. The van der Waals surface area contributed by atoms with Gasteiger partial charge in [-0.15, -0.1) is 0 Å². The van der Waals surface area contributed by atoms with Crippen molar-refractivity contribution in [1.29, 1.82) is 0 Å². The number of fused-ring (bicyclic) bond motifs is 3. The molecule has 19 nitrogen and oxygen atoms in total. The molecule has 0 saturated carbocycles. The van der Waals surface area contributed by atoms with Crippen molar-refractivity contribution in [2.24, 2.45) is 11.5 Å². The van der Waals surface area contributed by atoms with Gasteiger partial charge in [0.15, 0.2) is 0 Å². The molecular formula is C57H117N17O2. The van der Waals surface area contributed by atoms with E-state index < -0.39 is 12.0 Å². The fourth-order valence-corrected chi connectivity index (χ4v) is 9.78. The summed E-state index contributed by atoms with van der Waals surface area (Å²) in [6, 6.07) is 5.50. The Morgan fingerprint density at radius 1 is 0.474 bits per heavy atom. The lowest BCUT2D eigenvalue weighted by Gasteiger charge is -2.26. The zero-order valence-electron chi connectivity index (χ0n) is 47.9. The number of hydrogen-bond acceptors (Lipinski definition) is 17. The topological polar surface area (TPSA) is 262 Å². The molecule has 0 bridgehead atoms. The van der Waals surface area contributed by atoms with E-state index in [0.29, 0.717) is 6.42 Å². The Kier molecular flexibility index (Phi) is 45.3. The molecule has 0 aliphatic heterocycles. The molecule has 0 spiro atoms. The Morgan fingerprint density at radius 2 is 0.776 bits per heavy atom. The molecule has 442 valence electrons. The van der Waals surface area contributed by atoms with Crippen LogP contribution in [0.15, 0.2) is 24.4 Å². The summed E-state index contributed by atoms with van der Waals surface area (Å²) in [5, 5.41) is 59.7. The van der Waals surface area contributed by atoms with Crippen molar-refractivity contribution in [2.75, 3.05) is 183 Å². The van der Waals surface area contributed by atoms with Crippen LogP contribution in [-0.4, -0.2) is 205 Å². The fourth-order valence-electron chi connectivity index (χ4n) is 9.78. The Balaban J connectivity index is 0.912. The van der Waals surface area contributed by atoms with Gasteiger partial charge in [-0.05, 0) is 316 Å². The number of carbonyl (C=O) groups is 1. The Bertz CT molecular complexity index is 1590. The Hall–Kier alpha value is -2.41. The first-order valence-electron chi connectivity index (χ1n) is 30.8. The molecule has 3 rings (SSSR count). The first-order valence-corrected chi connectivity index (χ1v) is 30.8. The average molecular weight is 1070 g/mol. The third-order valence-corrected chi connectivity index (χ3v) is 14.1. The number of rotatable bonds is 59. The van der Waals surface area contributed by atoms with Gasteiger partial charge >= 0.3 is 5.97 Å². The highest BCUT2D eigenvalue weighted by molar-refractivity contribution is 5.75. The van der Waals surface area contributed by atoms with E-state index in [1.165, 1.54) is 75.5 Å². The van der Waals surface area contributed by atoms with Crippen LogP contribution in [-0.2, 0) is 17.6 Å². The van der Waals surface area contributed by atoms with Crippen molar-refractivity contribution in [2.45, 2.75) is 128 Å². The van der Waals surface area contributed by atoms with Crippen LogP contribution in [0.3, 0.4) is 0 Å². The highest BCUT2D eigenvalue weighted by Crippen LogP contribution is 2.37. The van der Waals surface area contributed by atoms with Gasteiger partial charge in [0.05, 0.1) is 0 Å². The number of aromatic nitrogens is 1. The third kappa shape index (κ3) is 36.0. The second-order valence-electron chi connectivity index (χ2n) is 20.8. The number of nitrogens with one attached hydrogen (secondary N) is 14. The molecule has 2 aromatic rings. The minimum absolute atomic E-state index is 0.238. The number of hydrogen-bond donors (Lipinski definition) is 17. The minimum atomic E-state index is -0.947. The number of aliphatic carboxylic acids is 1. The van der Waals surface area contributed by atoms with Gasteiger partial charge in [-0.1, -0.05) is 6.07 Å². The Morgan fingerprint density at radius 3 is 1.08 bits per heavy atom. The van der Waals surface area contributed by atoms with Crippen molar-refractivity contribution in [3.8, 4) is 0 Å². The summed E-state index contributed by atoms with van der Waals surface area (Å²) in [7, 11) is 0. The normalized spacial score (nSPS) is 14.1. The smallest absolute Gasteiger partial charge is 0.320 e. The van der Waals surface area contributed by atoms with Gasteiger partial charge in [0.25, 0.3) is 0 Å². The van der Waals surface area contributed by atoms with Crippen LogP contribution in [0.1, 0.15) is 126 Å². The molecule has 0 fully saturated rings. The average Bonchev–Trinajstić information content (AvgIpc) is 3.75. The molecule has 2 aromatic heterocycles. The summed E-state index contributed by atoms with van der Waals surface area (Å²) in [5.74, 6) is -0.947. The lowest BCUT2D eigenvalue weighted by atomic mass is 9.88. The van der Waals surface area contributed by atoms with E-state index in [4.69, 9.17) is 11.5 Å². The van der Waals surface area contributed by atoms with E-state index in [-0.39, 0.29) is 6.04 Å². The second kappa shape index (κ2) is 50.8. The highest BCUT2D eigenvalue weighted by Gasteiger charge is 2.29. The predicted octanol–water partition coefficient (Wildman–Crippen LogP) is 0.946. The maximum Gasteiger partial charge on any atom is 0.320 e.